The Morgan fingerprint density at radius 3 is 2.43 bits per heavy atom. The number of hydrogen-bond acceptors (Lipinski definition) is 3. The van der Waals surface area contributed by atoms with Gasteiger partial charge in [0.05, 0.1) is 4.90 Å². The van der Waals surface area contributed by atoms with E-state index in [0.717, 1.165) is 24.1 Å². The average Bonchev–Trinajstić information content (AvgIpc) is 2.35. The van der Waals surface area contributed by atoms with Gasteiger partial charge in [0.1, 0.15) is 0 Å². The van der Waals surface area contributed by atoms with Crippen molar-refractivity contribution in [2.45, 2.75) is 52.5 Å². The van der Waals surface area contributed by atoms with Crippen LogP contribution < -0.4 is 10.0 Å². The number of aryl methyl sites for hydroxylation is 1. The fourth-order valence-corrected chi connectivity index (χ4v) is 2.99. The lowest BCUT2D eigenvalue weighted by molar-refractivity contribution is 0.378. The van der Waals surface area contributed by atoms with E-state index in [4.69, 9.17) is 0 Å². The summed E-state index contributed by atoms with van der Waals surface area (Å²) in [6, 6.07) is 5.30. The van der Waals surface area contributed by atoms with Crippen molar-refractivity contribution in [1.29, 1.82) is 0 Å². The van der Waals surface area contributed by atoms with Crippen molar-refractivity contribution in [1.82, 2.24) is 10.0 Å². The summed E-state index contributed by atoms with van der Waals surface area (Å²) >= 11 is 0. The van der Waals surface area contributed by atoms with Gasteiger partial charge in [-0.1, -0.05) is 33.8 Å². The van der Waals surface area contributed by atoms with Crippen molar-refractivity contribution >= 4 is 10.0 Å². The zero-order valence-electron chi connectivity index (χ0n) is 13.8. The van der Waals surface area contributed by atoms with Crippen LogP contribution in [0.3, 0.4) is 0 Å². The van der Waals surface area contributed by atoms with Gasteiger partial charge in [0, 0.05) is 13.1 Å². The van der Waals surface area contributed by atoms with Crippen LogP contribution in [0.25, 0.3) is 0 Å². The molecule has 21 heavy (non-hydrogen) atoms. The Balaban J connectivity index is 2.83. The summed E-state index contributed by atoms with van der Waals surface area (Å²) in [6.07, 6.45) is 0.808. The summed E-state index contributed by atoms with van der Waals surface area (Å²) in [5, 5.41) is 3.23. The predicted molar refractivity (Wildman–Crippen MR) is 87.8 cm³/mol. The summed E-state index contributed by atoms with van der Waals surface area (Å²) in [7, 11) is -3.42. The van der Waals surface area contributed by atoms with Crippen molar-refractivity contribution in [2.24, 2.45) is 5.41 Å². The normalized spacial score (nSPS) is 12.6. The average molecular weight is 312 g/mol. The molecule has 0 unspecified atom stereocenters. The fourth-order valence-electron chi connectivity index (χ4n) is 1.91. The molecule has 0 fully saturated rings. The highest BCUT2D eigenvalue weighted by Crippen LogP contribution is 2.19. The number of hydrogen-bond donors (Lipinski definition) is 2. The largest absolute Gasteiger partial charge is 0.313 e. The van der Waals surface area contributed by atoms with E-state index in [1.807, 2.05) is 19.9 Å². The first-order chi connectivity index (χ1) is 9.65. The van der Waals surface area contributed by atoms with Crippen LogP contribution in [0, 0.1) is 12.3 Å². The maximum Gasteiger partial charge on any atom is 0.240 e. The fraction of sp³-hybridized carbons (Fsp3) is 0.625. The molecule has 5 heteroatoms. The summed E-state index contributed by atoms with van der Waals surface area (Å²) < 4.78 is 27.3. The van der Waals surface area contributed by atoms with E-state index in [1.165, 1.54) is 0 Å². The molecule has 1 rings (SSSR count). The molecular formula is C16H28N2O2S. The lowest BCUT2D eigenvalue weighted by Crippen LogP contribution is -2.27. The van der Waals surface area contributed by atoms with Gasteiger partial charge in [-0.2, -0.15) is 0 Å². The van der Waals surface area contributed by atoms with Gasteiger partial charge in [0.15, 0.2) is 0 Å². The molecule has 1 aromatic carbocycles. The second kappa shape index (κ2) is 7.38. The van der Waals surface area contributed by atoms with Crippen molar-refractivity contribution < 1.29 is 8.42 Å². The molecule has 120 valence electrons. The van der Waals surface area contributed by atoms with Crippen molar-refractivity contribution in [3.63, 3.8) is 0 Å². The van der Waals surface area contributed by atoms with Crippen LogP contribution in [0.2, 0.25) is 0 Å². The van der Waals surface area contributed by atoms with Gasteiger partial charge in [0.25, 0.3) is 0 Å². The standard InChI is InChI=1S/C16H28N2O2S/c1-6-17-12-14-11-15(8-7-13(14)2)21(19,20)18-10-9-16(3,4)5/h7-8,11,17-18H,6,9-10,12H2,1-5H3. The van der Waals surface area contributed by atoms with E-state index in [-0.39, 0.29) is 5.41 Å². The zero-order chi connectivity index (χ0) is 16.1. The third-order valence-corrected chi connectivity index (χ3v) is 4.82. The summed E-state index contributed by atoms with van der Waals surface area (Å²) in [6.45, 7) is 12.3. The Bertz CT molecular complexity index is 560. The summed E-state index contributed by atoms with van der Waals surface area (Å²) in [5.41, 5.74) is 2.24. The van der Waals surface area contributed by atoms with Gasteiger partial charge in [-0.25, -0.2) is 13.1 Å². The number of benzene rings is 1. The van der Waals surface area contributed by atoms with Crippen LogP contribution >= 0.6 is 0 Å². The predicted octanol–water partition coefficient (Wildman–Crippen LogP) is 2.82. The first kappa shape index (κ1) is 18.1. The Morgan fingerprint density at radius 1 is 1.19 bits per heavy atom. The molecule has 0 aliphatic heterocycles. The summed E-state index contributed by atoms with van der Waals surface area (Å²) in [5.74, 6) is 0. The van der Waals surface area contributed by atoms with Crippen molar-refractivity contribution in [2.75, 3.05) is 13.1 Å². The maximum atomic E-state index is 12.3. The van der Waals surface area contributed by atoms with Gasteiger partial charge < -0.3 is 5.32 Å². The maximum absolute atomic E-state index is 12.3. The van der Waals surface area contributed by atoms with Gasteiger partial charge >= 0.3 is 0 Å². The molecule has 0 saturated carbocycles. The van der Waals surface area contributed by atoms with Gasteiger partial charge in [0.2, 0.25) is 10.0 Å². The topological polar surface area (TPSA) is 58.2 Å². The van der Waals surface area contributed by atoms with Crippen molar-refractivity contribution in [3.8, 4) is 0 Å². The molecule has 0 bridgehead atoms. The number of sulfonamides is 1. The van der Waals surface area contributed by atoms with Crippen LogP contribution in [-0.2, 0) is 16.6 Å². The lowest BCUT2D eigenvalue weighted by atomic mass is 9.93. The Labute approximate surface area is 129 Å². The molecule has 0 aliphatic carbocycles. The monoisotopic (exact) mass is 312 g/mol. The van der Waals surface area contributed by atoms with Crippen LogP contribution in [0.1, 0.15) is 45.2 Å². The number of rotatable bonds is 7. The molecule has 0 radical (unpaired) electrons. The molecule has 0 aromatic heterocycles. The molecule has 0 saturated heterocycles. The molecule has 0 atom stereocenters. The lowest BCUT2D eigenvalue weighted by Gasteiger charge is -2.18. The number of nitrogens with one attached hydrogen (secondary N) is 2. The second-order valence-electron chi connectivity index (χ2n) is 6.58. The molecule has 0 aliphatic rings. The Hall–Kier alpha value is -0.910. The highest BCUT2D eigenvalue weighted by atomic mass is 32.2. The second-order valence-corrected chi connectivity index (χ2v) is 8.34. The van der Waals surface area contributed by atoms with E-state index in [9.17, 15) is 8.42 Å². The van der Waals surface area contributed by atoms with E-state index in [1.54, 1.807) is 12.1 Å². The Morgan fingerprint density at radius 2 is 1.86 bits per heavy atom. The SMILES string of the molecule is CCNCc1cc(S(=O)(=O)NCCC(C)(C)C)ccc1C. The zero-order valence-corrected chi connectivity index (χ0v) is 14.6. The van der Waals surface area contributed by atoms with Gasteiger partial charge in [-0.3, -0.25) is 0 Å². The van der Waals surface area contributed by atoms with Gasteiger partial charge in [-0.15, -0.1) is 0 Å². The first-order valence-corrected chi connectivity index (χ1v) is 8.94. The molecular weight excluding hydrogens is 284 g/mol. The van der Waals surface area contributed by atoms with Crippen LogP contribution in [-0.4, -0.2) is 21.5 Å². The molecule has 2 N–H and O–H groups in total. The molecule has 0 amide bonds. The molecule has 0 heterocycles. The third-order valence-electron chi connectivity index (χ3n) is 3.36. The van der Waals surface area contributed by atoms with E-state index < -0.39 is 10.0 Å². The molecule has 0 spiro atoms. The summed E-state index contributed by atoms with van der Waals surface area (Å²) in [4.78, 5) is 0.343. The van der Waals surface area contributed by atoms with Gasteiger partial charge in [-0.05, 0) is 48.6 Å². The Kier molecular flexibility index (Phi) is 6.38. The molecule has 4 nitrogen and oxygen atoms in total. The quantitative estimate of drug-likeness (QED) is 0.814. The first-order valence-electron chi connectivity index (χ1n) is 7.45. The van der Waals surface area contributed by atoms with Crippen LogP contribution in [0.4, 0.5) is 0 Å². The van der Waals surface area contributed by atoms with E-state index >= 15 is 0 Å². The smallest absolute Gasteiger partial charge is 0.240 e. The molecule has 1 aromatic rings. The van der Waals surface area contributed by atoms with Crippen molar-refractivity contribution in [3.05, 3.63) is 29.3 Å². The van der Waals surface area contributed by atoms with Crippen LogP contribution in [0.15, 0.2) is 23.1 Å². The van der Waals surface area contributed by atoms with E-state index in [0.29, 0.717) is 18.0 Å². The van der Waals surface area contributed by atoms with E-state index in [2.05, 4.69) is 30.8 Å². The highest BCUT2D eigenvalue weighted by Gasteiger charge is 2.17. The van der Waals surface area contributed by atoms with Crippen LogP contribution in [0.5, 0.6) is 0 Å². The highest BCUT2D eigenvalue weighted by molar-refractivity contribution is 7.89. The minimum atomic E-state index is -3.42. The third kappa shape index (κ3) is 6.16. The minimum absolute atomic E-state index is 0.117. The minimum Gasteiger partial charge on any atom is -0.313 e.